The summed E-state index contributed by atoms with van der Waals surface area (Å²) in [6, 6.07) is 11.8. The standard InChI is InChI=1S/C14H16N2O3S/c1-2-10-5-3-4-6-12(10)19-13-8-7-11(15)9-14(13)20(16,17)18/h3-9H,2,15H2,1H3,(H2,16,17,18). The van der Waals surface area contributed by atoms with Crippen LogP contribution in [-0.2, 0) is 16.4 Å². The van der Waals surface area contributed by atoms with E-state index < -0.39 is 10.0 Å². The minimum atomic E-state index is -3.90. The molecular weight excluding hydrogens is 276 g/mol. The van der Waals surface area contributed by atoms with E-state index in [4.69, 9.17) is 15.6 Å². The lowest BCUT2D eigenvalue weighted by Crippen LogP contribution is -2.13. The Balaban J connectivity index is 2.49. The summed E-state index contributed by atoms with van der Waals surface area (Å²) in [6.07, 6.45) is 0.774. The highest BCUT2D eigenvalue weighted by atomic mass is 32.2. The Kier molecular flexibility index (Phi) is 3.96. The van der Waals surface area contributed by atoms with Gasteiger partial charge in [-0.2, -0.15) is 0 Å². The van der Waals surface area contributed by atoms with E-state index in [1.807, 2.05) is 25.1 Å². The molecule has 5 nitrogen and oxygen atoms in total. The van der Waals surface area contributed by atoms with E-state index in [1.54, 1.807) is 12.1 Å². The highest BCUT2D eigenvalue weighted by Gasteiger charge is 2.17. The SMILES string of the molecule is CCc1ccccc1Oc1ccc(N)cc1S(N)(=O)=O. The van der Waals surface area contributed by atoms with Crippen molar-refractivity contribution in [3.05, 3.63) is 48.0 Å². The molecule has 2 aromatic rings. The number of primary sulfonamides is 1. The Bertz CT molecular complexity index is 727. The summed E-state index contributed by atoms with van der Waals surface area (Å²) in [5.41, 5.74) is 6.88. The van der Waals surface area contributed by atoms with Crippen molar-refractivity contribution in [3.63, 3.8) is 0 Å². The van der Waals surface area contributed by atoms with Gasteiger partial charge in [0.2, 0.25) is 10.0 Å². The van der Waals surface area contributed by atoms with Gasteiger partial charge < -0.3 is 10.5 Å². The van der Waals surface area contributed by atoms with Crippen molar-refractivity contribution >= 4 is 15.7 Å². The molecule has 0 amide bonds. The van der Waals surface area contributed by atoms with Crippen molar-refractivity contribution in [3.8, 4) is 11.5 Å². The van der Waals surface area contributed by atoms with Gasteiger partial charge in [-0.05, 0) is 36.2 Å². The number of nitrogen functional groups attached to an aromatic ring is 1. The molecule has 0 spiro atoms. The lowest BCUT2D eigenvalue weighted by Gasteiger charge is -2.13. The van der Waals surface area contributed by atoms with Crippen LogP contribution in [0.4, 0.5) is 5.69 Å². The van der Waals surface area contributed by atoms with E-state index in [0.717, 1.165) is 12.0 Å². The molecule has 0 atom stereocenters. The molecule has 0 heterocycles. The van der Waals surface area contributed by atoms with Crippen LogP contribution in [0.25, 0.3) is 0 Å². The number of ether oxygens (including phenoxy) is 1. The molecule has 0 aromatic heterocycles. The molecule has 20 heavy (non-hydrogen) atoms. The minimum Gasteiger partial charge on any atom is -0.456 e. The van der Waals surface area contributed by atoms with Gasteiger partial charge in [0, 0.05) is 5.69 Å². The fourth-order valence-electron chi connectivity index (χ4n) is 1.85. The van der Waals surface area contributed by atoms with Gasteiger partial charge in [0.05, 0.1) is 0 Å². The van der Waals surface area contributed by atoms with Gasteiger partial charge in [-0.25, -0.2) is 13.6 Å². The molecule has 0 bridgehead atoms. The van der Waals surface area contributed by atoms with Crippen LogP contribution in [0.3, 0.4) is 0 Å². The molecule has 2 rings (SSSR count). The fourth-order valence-corrected chi connectivity index (χ4v) is 2.54. The van der Waals surface area contributed by atoms with Crippen LogP contribution in [0, 0.1) is 0 Å². The number of rotatable bonds is 4. The summed E-state index contributed by atoms with van der Waals surface area (Å²) in [7, 11) is -3.90. The van der Waals surface area contributed by atoms with Crippen LogP contribution < -0.4 is 15.6 Å². The zero-order valence-electron chi connectivity index (χ0n) is 11.0. The number of hydrogen-bond donors (Lipinski definition) is 2. The predicted molar refractivity (Wildman–Crippen MR) is 78.1 cm³/mol. The van der Waals surface area contributed by atoms with E-state index in [2.05, 4.69) is 0 Å². The van der Waals surface area contributed by atoms with E-state index in [1.165, 1.54) is 12.1 Å². The quantitative estimate of drug-likeness (QED) is 0.845. The van der Waals surface area contributed by atoms with Crippen LogP contribution in [0.1, 0.15) is 12.5 Å². The van der Waals surface area contributed by atoms with Gasteiger partial charge in [-0.15, -0.1) is 0 Å². The first kappa shape index (κ1) is 14.4. The van der Waals surface area contributed by atoms with Crippen molar-refractivity contribution in [2.75, 3.05) is 5.73 Å². The maximum absolute atomic E-state index is 11.6. The third kappa shape index (κ3) is 3.09. The number of sulfonamides is 1. The van der Waals surface area contributed by atoms with Crippen molar-refractivity contribution in [1.82, 2.24) is 0 Å². The molecular formula is C14H16N2O3S. The summed E-state index contributed by atoms with van der Waals surface area (Å²) < 4.78 is 28.9. The molecule has 0 radical (unpaired) electrons. The molecule has 106 valence electrons. The smallest absolute Gasteiger partial charge is 0.241 e. The van der Waals surface area contributed by atoms with E-state index in [0.29, 0.717) is 11.4 Å². The molecule has 0 unspecified atom stereocenters. The van der Waals surface area contributed by atoms with Gasteiger partial charge in [0.1, 0.15) is 16.4 Å². The fraction of sp³-hybridized carbons (Fsp3) is 0.143. The summed E-state index contributed by atoms with van der Waals surface area (Å²) in [5.74, 6) is 0.771. The maximum Gasteiger partial charge on any atom is 0.241 e. The molecule has 0 saturated carbocycles. The Hall–Kier alpha value is -2.05. The second kappa shape index (κ2) is 5.52. The van der Waals surface area contributed by atoms with Gasteiger partial charge in [0.15, 0.2) is 0 Å². The van der Waals surface area contributed by atoms with Gasteiger partial charge in [-0.3, -0.25) is 0 Å². The monoisotopic (exact) mass is 292 g/mol. The Labute approximate surface area is 118 Å². The van der Waals surface area contributed by atoms with E-state index >= 15 is 0 Å². The van der Waals surface area contributed by atoms with Gasteiger partial charge in [0.25, 0.3) is 0 Å². The number of anilines is 1. The number of aryl methyl sites for hydroxylation is 1. The largest absolute Gasteiger partial charge is 0.456 e. The first-order chi connectivity index (χ1) is 9.41. The molecule has 4 N–H and O–H groups in total. The van der Waals surface area contributed by atoms with Gasteiger partial charge >= 0.3 is 0 Å². The van der Waals surface area contributed by atoms with Crippen molar-refractivity contribution in [2.45, 2.75) is 18.2 Å². The molecule has 2 aromatic carbocycles. The average molecular weight is 292 g/mol. The number of para-hydroxylation sites is 1. The second-order valence-electron chi connectivity index (χ2n) is 4.31. The first-order valence-corrected chi connectivity index (χ1v) is 7.64. The van der Waals surface area contributed by atoms with E-state index in [-0.39, 0.29) is 10.6 Å². The highest BCUT2D eigenvalue weighted by Crippen LogP contribution is 2.31. The summed E-state index contributed by atoms with van der Waals surface area (Å²) >= 11 is 0. The Morgan fingerprint density at radius 2 is 1.80 bits per heavy atom. The summed E-state index contributed by atoms with van der Waals surface area (Å²) in [4.78, 5) is -0.122. The molecule has 0 aliphatic heterocycles. The molecule has 6 heteroatoms. The van der Waals surface area contributed by atoms with Crippen LogP contribution in [-0.4, -0.2) is 8.42 Å². The maximum atomic E-state index is 11.6. The summed E-state index contributed by atoms with van der Waals surface area (Å²) in [6.45, 7) is 1.99. The second-order valence-corrected chi connectivity index (χ2v) is 5.84. The lowest BCUT2D eigenvalue weighted by atomic mass is 10.1. The van der Waals surface area contributed by atoms with Crippen molar-refractivity contribution in [2.24, 2.45) is 5.14 Å². The van der Waals surface area contributed by atoms with Crippen LogP contribution in [0.2, 0.25) is 0 Å². The Morgan fingerprint density at radius 3 is 2.45 bits per heavy atom. The van der Waals surface area contributed by atoms with Crippen molar-refractivity contribution < 1.29 is 13.2 Å². The summed E-state index contributed by atoms with van der Waals surface area (Å²) in [5, 5.41) is 5.19. The molecule has 0 aliphatic carbocycles. The van der Waals surface area contributed by atoms with Crippen LogP contribution >= 0.6 is 0 Å². The zero-order chi connectivity index (χ0) is 14.8. The van der Waals surface area contributed by atoms with Crippen LogP contribution in [0.5, 0.6) is 11.5 Å². The van der Waals surface area contributed by atoms with Gasteiger partial charge in [-0.1, -0.05) is 25.1 Å². The molecule has 0 aliphatic rings. The molecule has 0 fully saturated rings. The number of benzene rings is 2. The average Bonchev–Trinajstić information content (AvgIpc) is 2.40. The number of nitrogens with two attached hydrogens (primary N) is 2. The van der Waals surface area contributed by atoms with E-state index in [9.17, 15) is 8.42 Å². The lowest BCUT2D eigenvalue weighted by molar-refractivity contribution is 0.462. The number of hydrogen-bond acceptors (Lipinski definition) is 4. The highest BCUT2D eigenvalue weighted by molar-refractivity contribution is 7.89. The van der Waals surface area contributed by atoms with Crippen molar-refractivity contribution in [1.29, 1.82) is 0 Å². The predicted octanol–water partition coefficient (Wildman–Crippen LogP) is 2.27. The normalized spacial score (nSPS) is 11.3. The third-order valence-corrected chi connectivity index (χ3v) is 3.78. The first-order valence-electron chi connectivity index (χ1n) is 6.10. The molecule has 0 saturated heterocycles. The van der Waals surface area contributed by atoms with Crippen LogP contribution in [0.15, 0.2) is 47.4 Å². The third-order valence-electron chi connectivity index (χ3n) is 2.85. The zero-order valence-corrected chi connectivity index (χ0v) is 11.9. The topological polar surface area (TPSA) is 95.4 Å². The Morgan fingerprint density at radius 1 is 1.10 bits per heavy atom. The minimum absolute atomic E-state index is 0.122.